The predicted octanol–water partition coefficient (Wildman–Crippen LogP) is 2.00. The number of aromatic nitrogens is 3. The molecule has 1 amide bonds. The van der Waals surface area contributed by atoms with Crippen molar-refractivity contribution in [2.75, 3.05) is 25.4 Å². The zero-order valence-corrected chi connectivity index (χ0v) is 14.8. The molecule has 1 aliphatic heterocycles. The van der Waals surface area contributed by atoms with Crippen molar-refractivity contribution in [1.29, 1.82) is 0 Å². The van der Waals surface area contributed by atoms with Crippen molar-refractivity contribution in [3.8, 4) is 0 Å². The summed E-state index contributed by atoms with van der Waals surface area (Å²) >= 11 is 1.58. The lowest BCUT2D eigenvalue weighted by Gasteiger charge is -2.22. The number of piperidine rings is 1. The highest BCUT2D eigenvalue weighted by atomic mass is 32.2. The van der Waals surface area contributed by atoms with Crippen LogP contribution in [-0.2, 0) is 5.75 Å². The minimum atomic E-state index is -0.216. The molecule has 2 aromatic rings. The van der Waals surface area contributed by atoms with Gasteiger partial charge in [0.05, 0.1) is 12.2 Å². The predicted molar refractivity (Wildman–Crippen MR) is 96.1 cm³/mol. The summed E-state index contributed by atoms with van der Waals surface area (Å²) in [6.07, 6.45) is 3.71. The number of hydrogen-bond donors (Lipinski definition) is 2. The fourth-order valence-electron chi connectivity index (χ4n) is 2.76. The zero-order valence-electron chi connectivity index (χ0n) is 13.9. The molecule has 2 heterocycles. The topological polar surface area (TPSA) is 71.8 Å². The van der Waals surface area contributed by atoms with Crippen LogP contribution in [-0.4, -0.2) is 46.3 Å². The summed E-state index contributed by atoms with van der Waals surface area (Å²) in [7, 11) is 0. The van der Waals surface area contributed by atoms with Crippen LogP contribution in [0.1, 0.15) is 34.9 Å². The summed E-state index contributed by atoms with van der Waals surface area (Å²) in [4.78, 5) is 12.1. The number of thioether (sulfide) groups is 1. The molecule has 1 aromatic heterocycles. The Morgan fingerprint density at radius 2 is 2.16 bits per heavy atom. The Labute approximate surface area is 150 Å². The van der Waals surface area contributed by atoms with Gasteiger partial charge in [-0.3, -0.25) is 4.79 Å². The van der Waals surface area contributed by atoms with Gasteiger partial charge in [-0.2, -0.15) is 11.8 Å². The molecule has 0 unspecified atom stereocenters. The molecule has 0 atom stereocenters. The van der Waals surface area contributed by atoms with Crippen molar-refractivity contribution in [2.24, 2.45) is 0 Å². The van der Waals surface area contributed by atoms with Gasteiger partial charge < -0.3 is 10.6 Å². The van der Waals surface area contributed by atoms with Crippen LogP contribution < -0.4 is 10.6 Å². The van der Waals surface area contributed by atoms with Gasteiger partial charge >= 0.3 is 0 Å². The maximum atomic E-state index is 13.5. The SMILES string of the molecule is O=C(NCCSCc1ccccc1F)c1cn(C2CCNCC2)nn1. The Morgan fingerprint density at radius 1 is 1.36 bits per heavy atom. The van der Waals surface area contributed by atoms with Gasteiger partial charge in [0.15, 0.2) is 5.69 Å². The average Bonchev–Trinajstić information content (AvgIpc) is 3.14. The van der Waals surface area contributed by atoms with Crippen LogP contribution >= 0.6 is 11.8 Å². The van der Waals surface area contributed by atoms with Crippen LogP contribution in [0.15, 0.2) is 30.5 Å². The largest absolute Gasteiger partial charge is 0.350 e. The second-order valence-corrected chi connectivity index (χ2v) is 7.07. The number of nitrogens with one attached hydrogen (secondary N) is 2. The van der Waals surface area contributed by atoms with Gasteiger partial charge in [-0.1, -0.05) is 23.4 Å². The van der Waals surface area contributed by atoms with Crippen LogP contribution in [0.25, 0.3) is 0 Å². The minimum absolute atomic E-state index is 0.187. The lowest BCUT2D eigenvalue weighted by atomic mass is 10.1. The minimum Gasteiger partial charge on any atom is -0.350 e. The maximum absolute atomic E-state index is 13.5. The summed E-state index contributed by atoms with van der Waals surface area (Å²) in [6, 6.07) is 7.06. The molecule has 1 aromatic carbocycles. The highest BCUT2D eigenvalue weighted by molar-refractivity contribution is 7.98. The molecule has 134 valence electrons. The molecular weight excluding hydrogens is 341 g/mol. The van der Waals surface area contributed by atoms with E-state index in [0.717, 1.165) is 25.9 Å². The van der Waals surface area contributed by atoms with E-state index >= 15 is 0 Å². The van der Waals surface area contributed by atoms with E-state index in [1.807, 2.05) is 6.07 Å². The smallest absolute Gasteiger partial charge is 0.273 e. The molecule has 0 saturated carbocycles. The number of carbonyl (C=O) groups excluding carboxylic acids is 1. The average molecular weight is 363 g/mol. The third kappa shape index (κ3) is 5.02. The third-order valence-corrected chi connectivity index (χ3v) is 5.18. The molecule has 8 heteroatoms. The molecular formula is C17H22FN5OS. The van der Waals surface area contributed by atoms with E-state index < -0.39 is 0 Å². The van der Waals surface area contributed by atoms with Crippen LogP contribution in [0, 0.1) is 5.82 Å². The molecule has 1 saturated heterocycles. The van der Waals surface area contributed by atoms with E-state index in [-0.39, 0.29) is 11.7 Å². The lowest BCUT2D eigenvalue weighted by Crippen LogP contribution is -2.29. The molecule has 1 aliphatic rings. The number of nitrogens with zero attached hydrogens (tertiary/aromatic N) is 3. The highest BCUT2D eigenvalue weighted by Crippen LogP contribution is 2.17. The number of rotatable bonds is 7. The normalized spacial score (nSPS) is 15.2. The molecule has 0 bridgehead atoms. The number of hydrogen-bond acceptors (Lipinski definition) is 5. The van der Waals surface area contributed by atoms with E-state index in [2.05, 4.69) is 20.9 Å². The Morgan fingerprint density at radius 3 is 2.96 bits per heavy atom. The van der Waals surface area contributed by atoms with Crippen LogP contribution in [0.3, 0.4) is 0 Å². The molecule has 0 aliphatic carbocycles. The molecule has 25 heavy (non-hydrogen) atoms. The molecule has 2 N–H and O–H groups in total. The van der Waals surface area contributed by atoms with Crippen molar-refractivity contribution in [3.05, 3.63) is 47.5 Å². The fourth-order valence-corrected chi connectivity index (χ4v) is 3.60. The molecule has 1 fully saturated rings. The first kappa shape index (κ1) is 17.9. The summed E-state index contributed by atoms with van der Waals surface area (Å²) < 4.78 is 15.3. The quantitative estimate of drug-likeness (QED) is 0.737. The Bertz CT molecular complexity index is 702. The molecule has 0 spiro atoms. The van der Waals surface area contributed by atoms with Crippen molar-refractivity contribution < 1.29 is 9.18 Å². The van der Waals surface area contributed by atoms with E-state index in [1.54, 1.807) is 34.8 Å². The van der Waals surface area contributed by atoms with Gasteiger partial charge in [-0.15, -0.1) is 5.10 Å². The van der Waals surface area contributed by atoms with Gasteiger partial charge in [-0.05, 0) is 37.6 Å². The van der Waals surface area contributed by atoms with Gasteiger partial charge in [0.1, 0.15) is 5.82 Å². The second kappa shape index (κ2) is 8.96. The number of carbonyl (C=O) groups is 1. The van der Waals surface area contributed by atoms with Crippen LogP contribution in [0.4, 0.5) is 4.39 Å². The Kier molecular flexibility index (Phi) is 6.41. The summed E-state index contributed by atoms with van der Waals surface area (Å²) in [6.45, 7) is 2.44. The van der Waals surface area contributed by atoms with Crippen LogP contribution in [0.5, 0.6) is 0 Å². The first-order chi connectivity index (χ1) is 12.2. The number of amides is 1. The van der Waals surface area contributed by atoms with E-state index in [1.165, 1.54) is 6.07 Å². The number of benzene rings is 1. The zero-order chi connectivity index (χ0) is 17.5. The summed E-state index contributed by atoms with van der Waals surface area (Å²) in [5, 5.41) is 14.2. The molecule has 3 rings (SSSR count). The standard InChI is InChI=1S/C17H22FN5OS/c18-15-4-2-1-3-13(15)12-25-10-9-20-17(24)16-11-23(22-21-16)14-5-7-19-8-6-14/h1-4,11,14,19H,5-10,12H2,(H,20,24). The van der Waals surface area contributed by atoms with E-state index in [9.17, 15) is 9.18 Å². The first-order valence-electron chi connectivity index (χ1n) is 8.46. The van der Waals surface area contributed by atoms with E-state index in [4.69, 9.17) is 0 Å². The van der Waals surface area contributed by atoms with Crippen molar-refractivity contribution in [3.63, 3.8) is 0 Å². The summed E-state index contributed by atoms with van der Waals surface area (Å²) in [5.74, 6) is 0.900. The lowest BCUT2D eigenvalue weighted by molar-refractivity contribution is 0.0951. The Balaban J connectivity index is 1.39. The third-order valence-electron chi connectivity index (χ3n) is 4.17. The van der Waals surface area contributed by atoms with Crippen LogP contribution in [0.2, 0.25) is 0 Å². The van der Waals surface area contributed by atoms with Crippen molar-refractivity contribution >= 4 is 17.7 Å². The first-order valence-corrected chi connectivity index (χ1v) is 9.61. The van der Waals surface area contributed by atoms with Crippen molar-refractivity contribution in [1.82, 2.24) is 25.6 Å². The monoisotopic (exact) mass is 363 g/mol. The Hall–Kier alpha value is -1.93. The van der Waals surface area contributed by atoms with Crippen molar-refractivity contribution in [2.45, 2.75) is 24.6 Å². The highest BCUT2D eigenvalue weighted by Gasteiger charge is 2.18. The van der Waals surface area contributed by atoms with E-state index in [0.29, 0.717) is 35.3 Å². The van der Waals surface area contributed by atoms with Gasteiger partial charge in [0.25, 0.3) is 5.91 Å². The number of halogens is 1. The van der Waals surface area contributed by atoms with Gasteiger partial charge in [0.2, 0.25) is 0 Å². The van der Waals surface area contributed by atoms with Gasteiger partial charge in [0, 0.05) is 18.1 Å². The fraction of sp³-hybridized carbons (Fsp3) is 0.471. The summed E-state index contributed by atoms with van der Waals surface area (Å²) in [5.41, 5.74) is 1.03. The van der Waals surface area contributed by atoms with Gasteiger partial charge in [-0.25, -0.2) is 9.07 Å². The molecule has 6 nitrogen and oxygen atoms in total. The maximum Gasteiger partial charge on any atom is 0.273 e. The second-order valence-electron chi connectivity index (χ2n) is 5.96. The molecule has 0 radical (unpaired) electrons.